The summed E-state index contributed by atoms with van der Waals surface area (Å²) >= 11 is 0. The molecule has 3 rings (SSSR count). The van der Waals surface area contributed by atoms with Gasteiger partial charge in [-0.2, -0.15) is 0 Å². The fourth-order valence-corrected chi connectivity index (χ4v) is 2.98. The van der Waals surface area contributed by atoms with E-state index < -0.39 is 0 Å². The summed E-state index contributed by atoms with van der Waals surface area (Å²) < 4.78 is 1.77. The SMILES string of the molecule is Cc1ccc(-n2c([C@@H](C)[NH2+]CC(C)C)nc3ccccc3c2=O)cc1. The molecule has 0 aliphatic rings. The normalized spacial score (nSPS) is 12.7. The van der Waals surface area contributed by atoms with Gasteiger partial charge in [0, 0.05) is 5.92 Å². The third-order valence-corrected chi connectivity index (χ3v) is 4.46. The van der Waals surface area contributed by atoms with Crippen LogP contribution in [0.15, 0.2) is 53.3 Å². The van der Waals surface area contributed by atoms with Crippen LogP contribution in [0.3, 0.4) is 0 Å². The average Bonchev–Trinajstić information content (AvgIpc) is 2.60. The first-order chi connectivity index (χ1) is 12.0. The number of rotatable bonds is 5. The van der Waals surface area contributed by atoms with Gasteiger partial charge >= 0.3 is 0 Å². The summed E-state index contributed by atoms with van der Waals surface area (Å²) in [5.41, 5.74) is 2.80. The third kappa shape index (κ3) is 3.64. The minimum Gasteiger partial charge on any atom is -0.338 e. The van der Waals surface area contributed by atoms with Gasteiger partial charge in [-0.05, 0) is 38.1 Å². The van der Waals surface area contributed by atoms with Gasteiger partial charge in [0.2, 0.25) is 0 Å². The number of nitrogens with zero attached hydrogens (tertiary/aromatic N) is 2. The molecule has 0 radical (unpaired) electrons. The highest BCUT2D eigenvalue weighted by Crippen LogP contribution is 2.16. The lowest BCUT2D eigenvalue weighted by molar-refractivity contribution is -0.698. The Balaban J connectivity index is 2.20. The van der Waals surface area contributed by atoms with Gasteiger partial charge in [-0.25, -0.2) is 4.98 Å². The molecule has 0 fully saturated rings. The number of hydrogen-bond donors (Lipinski definition) is 1. The first kappa shape index (κ1) is 17.4. The molecule has 0 saturated heterocycles. The van der Waals surface area contributed by atoms with E-state index in [2.05, 4.69) is 26.1 Å². The summed E-state index contributed by atoms with van der Waals surface area (Å²) in [5.74, 6) is 1.38. The molecule has 3 aromatic rings. The van der Waals surface area contributed by atoms with Crippen molar-refractivity contribution in [3.05, 3.63) is 70.3 Å². The summed E-state index contributed by atoms with van der Waals surface area (Å²) in [6, 6.07) is 15.7. The smallest absolute Gasteiger partial charge is 0.266 e. The van der Waals surface area contributed by atoms with E-state index in [1.54, 1.807) is 4.57 Å². The molecular weight excluding hydrogens is 310 g/mol. The van der Waals surface area contributed by atoms with Gasteiger partial charge in [-0.15, -0.1) is 0 Å². The van der Waals surface area contributed by atoms with Crippen LogP contribution < -0.4 is 10.9 Å². The predicted molar refractivity (Wildman–Crippen MR) is 102 cm³/mol. The monoisotopic (exact) mass is 336 g/mol. The number of aryl methyl sites for hydroxylation is 1. The van der Waals surface area contributed by atoms with E-state index in [-0.39, 0.29) is 11.6 Å². The molecule has 4 heteroatoms. The Morgan fingerprint density at radius 1 is 1.04 bits per heavy atom. The lowest BCUT2D eigenvalue weighted by Gasteiger charge is -2.18. The van der Waals surface area contributed by atoms with E-state index in [4.69, 9.17) is 4.98 Å². The molecular formula is C21H26N3O+. The second-order valence-corrected chi connectivity index (χ2v) is 7.12. The number of para-hydroxylation sites is 1. The highest BCUT2D eigenvalue weighted by atomic mass is 16.1. The van der Waals surface area contributed by atoms with Crippen molar-refractivity contribution in [2.45, 2.75) is 33.7 Å². The fraction of sp³-hybridized carbons (Fsp3) is 0.333. The fourth-order valence-electron chi connectivity index (χ4n) is 2.98. The molecule has 25 heavy (non-hydrogen) atoms. The quantitative estimate of drug-likeness (QED) is 0.779. The molecule has 1 aromatic heterocycles. The van der Waals surface area contributed by atoms with E-state index in [1.165, 1.54) is 5.56 Å². The first-order valence-corrected chi connectivity index (χ1v) is 8.89. The number of hydrogen-bond acceptors (Lipinski definition) is 2. The molecule has 130 valence electrons. The van der Waals surface area contributed by atoms with E-state index in [0.29, 0.717) is 11.3 Å². The van der Waals surface area contributed by atoms with Crippen molar-refractivity contribution in [3.8, 4) is 5.69 Å². The van der Waals surface area contributed by atoms with Crippen LogP contribution >= 0.6 is 0 Å². The highest BCUT2D eigenvalue weighted by molar-refractivity contribution is 5.77. The maximum absolute atomic E-state index is 13.2. The summed E-state index contributed by atoms with van der Waals surface area (Å²) in [6.45, 7) is 9.56. The standard InChI is InChI=1S/C21H25N3O/c1-14(2)13-22-16(4)20-23-19-8-6-5-7-18(19)21(25)24(20)17-11-9-15(3)10-12-17/h5-12,14,16,22H,13H2,1-4H3/p+1/t16-/m1/s1. The number of aromatic nitrogens is 2. The number of nitrogens with two attached hydrogens (primary N) is 1. The van der Waals surface area contributed by atoms with Crippen LogP contribution in [0, 0.1) is 12.8 Å². The Morgan fingerprint density at radius 3 is 2.40 bits per heavy atom. The van der Waals surface area contributed by atoms with Gasteiger partial charge in [0.05, 0.1) is 23.1 Å². The summed E-state index contributed by atoms with van der Waals surface area (Å²) in [7, 11) is 0. The van der Waals surface area contributed by atoms with Crippen molar-refractivity contribution in [3.63, 3.8) is 0 Å². The zero-order valence-electron chi connectivity index (χ0n) is 15.4. The van der Waals surface area contributed by atoms with Crippen LogP contribution in [0.1, 0.15) is 38.2 Å². The molecule has 1 heterocycles. The third-order valence-electron chi connectivity index (χ3n) is 4.46. The van der Waals surface area contributed by atoms with Gasteiger partial charge in [0.15, 0.2) is 5.82 Å². The molecule has 0 saturated carbocycles. The molecule has 1 atom stereocenters. The maximum Gasteiger partial charge on any atom is 0.266 e. The second kappa shape index (κ2) is 7.19. The van der Waals surface area contributed by atoms with Crippen molar-refractivity contribution in [1.82, 2.24) is 9.55 Å². The summed E-state index contributed by atoms with van der Waals surface area (Å²) in [4.78, 5) is 18.0. The van der Waals surface area contributed by atoms with Crippen molar-refractivity contribution >= 4 is 10.9 Å². The first-order valence-electron chi connectivity index (χ1n) is 8.89. The molecule has 2 aromatic carbocycles. The van der Waals surface area contributed by atoms with Crippen molar-refractivity contribution in [1.29, 1.82) is 0 Å². The van der Waals surface area contributed by atoms with Crippen molar-refractivity contribution < 1.29 is 5.32 Å². The Morgan fingerprint density at radius 2 is 1.72 bits per heavy atom. The largest absolute Gasteiger partial charge is 0.338 e. The molecule has 0 amide bonds. The summed E-state index contributed by atoms with van der Waals surface area (Å²) in [6.07, 6.45) is 0. The van der Waals surface area contributed by atoms with Gasteiger partial charge < -0.3 is 5.32 Å². The van der Waals surface area contributed by atoms with E-state index in [9.17, 15) is 4.79 Å². The number of quaternary nitrogens is 1. The van der Waals surface area contributed by atoms with E-state index in [1.807, 2.05) is 55.5 Å². The van der Waals surface area contributed by atoms with Crippen LogP contribution in [-0.4, -0.2) is 16.1 Å². The molecule has 4 nitrogen and oxygen atoms in total. The van der Waals surface area contributed by atoms with E-state index >= 15 is 0 Å². The maximum atomic E-state index is 13.2. The molecule has 0 unspecified atom stereocenters. The molecule has 0 aliphatic carbocycles. The minimum atomic E-state index is -0.00532. The highest BCUT2D eigenvalue weighted by Gasteiger charge is 2.20. The van der Waals surface area contributed by atoms with Crippen LogP contribution in [-0.2, 0) is 0 Å². The van der Waals surface area contributed by atoms with Crippen LogP contribution in [0.4, 0.5) is 0 Å². The zero-order valence-corrected chi connectivity index (χ0v) is 15.4. The zero-order chi connectivity index (χ0) is 18.0. The average molecular weight is 336 g/mol. The summed E-state index contributed by atoms with van der Waals surface area (Å²) in [5, 5.41) is 2.91. The lowest BCUT2D eigenvalue weighted by atomic mass is 10.1. The topological polar surface area (TPSA) is 51.5 Å². The van der Waals surface area contributed by atoms with Crippen molar-refractivity contribution in [2.24, 2.45) is 5.92 Å². The number of benzene rings is 2. The van der Waals surface area contributed by atoms with Gasteiger partial charge in [-0.3, -0.25) is 9.36 Å². The molecule has 2 N–H and O–H groups in total. The Labute approximate surface area is 148 Å². The van der Waals surface area contributed by atoms with Crippen molar-refractivity contribution in [2.75, 3.05) is 6.54 Å². The minimum absolute atomic E-state index is 0.00532. The van der Waals surface area contributed by atoms with Crippen LogP contribution in [0.5, 0.6) is 0 Å². The predicted octanol–water partition coefficient (Wildman–Crippen LogP) is 2.97. The molecule has 0 spiro atoms. The Bertz CT molecular complexity index is 926. The van der Waals surface area contributed by atoms with Crippen LogP contribution in [0.25, 0.3) is 16.6 Å². The van der Waals surface area contributed by atoms with Gasteiger partial charge in [0.25, 0.3) is 5.56 Å². The molecule has 0 aliphatic heterocycles. The molecule has 0 bridgehead atoms. The second-order valence-electron chi connectivity index (χ2n) is 7.12. The van der Waals surface area contributed by atoms with E-state index in [0.717, 1.165) is 23.6 Å². The Hall–Kier alpha value is -2.46. The van der Waals surface area contributed by atoms with Crippen LogP contribution in [0.2, 0.25) is 0 Å². The number of fused-ring (bicyclic) bond motifs is 1. The lowest BCUT2D eigenvalue weighted by Crippen LogP contribution is -2.86. The Kier molecular flexibility index (Phi) is 5.00. The van der Waals surface area contributed by atoms with Gasteiger partial charge in [-0.1, -0.05) is 43.7 Å². The van der Waals surface area contributed by atoms with Gasteiger partial charge in [0.1, 0.15) is 6.04 Å².